The number of carbonyl (C=O) groups is 1. The Morgan fingerprint density at radius 2 is 2.00 bits per heavy atom. The minimum atomic E-state index is 0.251. The third-order valence-electron chi connectivity index (χ3n) is 3.85. The molecule has 2 rings (SSSR count). The van der Waals surface area contributed by atoms with E-state index in [1.807, 2.05) is 6.92 Å². The first-order chi connectivity index (χ1) is 8.20. The van der Waals surface area contributed by atoms with Gasteiger partial charge in [0, 0.05) is 12.5 Å². The highest BCUT2D eigenvalue weighted by Crippen LogP contribution is 2.55. The van der Waals surface area contributed by atoms with Gasteiger partial charge in [-0.2, -0.15) is 0 Å². The average molecular weight is 237 g/mol. The van der Waals surface area contributed by atoms with Crippen LogP contribution in [0.25, 0.3) is 0 Å². The predicted octanol–water partition coefficient (Wildman–Crippen LogP) is 2.13. The van der Waals surface area contributed by atoms with Gasteiger partial charge in [0.15, 0.2) is 0 Å². The highest BCUT2D eigenvalue weighted by molar-refractivity contribution is 5.82. The van der Waals surface area contributed by atoms with Crippen molar-refractivity contribution in [2.45, 2.75) is 32.6 Å². The molecule has 2 unspecified atom stereocenters. The van der Waals surface area contributed by atoms with Gasteiger partial charge in [0.25, 0.3) is 0 Å². The molecule has 0 aromatic carbocycles. The summed E-state index contributed by atoms with van der Waals surface area (Å²) < 4.78 is 5.35. The lowest BCUT2D eigenvalue weighted by molar-refractivity contribution is -0.123. The van der Waals surface area contributed by atoms with Crippen molar-refractivity contribution in [1.29, 1.82) is 0 Å². The summed E-state index contributed by atoms with van der Waals surface area (Å²) in [6, 6.07) is 0. The number of ether oxygens (including phenoxy) is 1. The van der Waals surface area contributed by atoms with Crippen LogP contribution in [0.3, 0.4) is 0 Å². The summed E-state index contributed by atoms with van der Waals surface area (Å²) in [7, 11) is 0. The maximum atomic E-state index is 11.9. The normalized spacial score (nSPS) is 30.5. The average Bonchev–Trinajstić information content (AvgIpc) is 3.02. The maximum absolute atomic E-state index is 11.9. The summed E-state index contributed by atoms with van der Waals surface area (Å²) in [6.45, 7) is 7.50. The van der Waals surface area contributed by atoms with Crippen LogP contribution in [0.1, 0.15) is 32.6 Å². The minimum Gasteiger partial charge on any atom is -0.375 e. The second-order valence-corrected chi connectivity index (χ2v) is 5.44. The topological polar surface area (TPSA) is 38.3 Å². The summed E-state index contributed by atoms with van der Waals surface area (Å²) in [5.41, 5.74) is 1.02. The molecule has 0 radical (unpaired) electrons. The molecule has 96 valence electrons. The van der Waals surface area contributed by atoms with E-state index in [4.69, 9.17) is 4.74 Å². The number of rotatable bonds is 6. The number of hydrogen-bond donors (Lipinski definition) is 1. The van der Waals surface area contributed by atoms with Gasteiger partial charge in [-0.25, -0.2) is 0 Å². The molecule has 0 spiro atoms. The van der Waals surface area contributed by atoms with Gasteiger partial charge >= 0.3 is 0 Å². The van der Waals surface area contributed by atoms with Crippen LogP contribution in [0.5, 0.6) is 0 Å². The van der Waals surface area contributed by atoms with Crippen molar-refractivity contribution in [2.75, 3.05) is 19.8 Å². The van der Waals surface area contributed by atoms with Gasteiger partial charge in [-0.3, -0.25) is 4.79 Å². The summed E-state index contributed by atoms with van der Waals surface area (Å²) in [5, 5.41) is 2.98. The molecule has 3 heteroatoms. The van der Waals surface area contributed by atoms with E-state index in [1.165, 1.54) is 25.7 Å². The van der Waals surface area contributed by atoms with E-state index < -0.39 is 0 Å². The first kappa shape index (κ1) is 12.6. The lowest BCUT2D eigenvalue weighted by Gasteiger charge is -2.06. The molecule has 3 nitrogen and oxygen atoms in total. The van der Waals surface area contributed by atoms with Crippen molar-refractivity contribution in [1.82, 2.24) is 5.32 Å². The lowest BCUT2D eigenvalue weighted by Crippen LogP contribution is -2.29. The van der Waals surface area contributed by atoms with E-state index in [-0.39, 0.29) is 5.91 Å². The fourth-order valence-corrected chi connectivity index (χ4v) is 2.99. The second kappa shape index (κ2) is 5.67. The van der Waals surface area contributed by atoms with Gasteiger partial charge in [0.2, 0.25) is 5.91 Å². The van der Waals surface area contributed by atoms with Crippen LogP contribution < -0.4 is 5.32 Å². The molecule has 0 aromatic rings. The van der Waals surface area contributed by atoms with E-state index >= 15 is 0 Å². The largest absolute Gasteiger partial charge is 0.375 e. The van der Waals surface area contributed by atoms with E-state index in [0.717, 1.165) is 5.57 Å². The summed E-state index contributed by atoms with van der Waals surface area (Å²) in [6.07, 6.45) is 5.14. The maximum Gasteiger partial charge on any atom is 0.223 e. The molecule has 0 heterocycles. The highest BCUT2D eigenvalue weighted by Gasteiger charge is 2.54. The van der Waals surface area contributed by atoms with Gasteiger partial charge in [-0.15, -0.1) is 0 Å². The van der Waals surface area contributed by atoms with Crippen LogP contribution in [0.15, 0.2) is 12.2 Å². The molecule has 2 aliphatic rings. The smallest absolute Gasteiger partial charge is 0.223 e. The van der Waals surface area contributed by atoms with Crippen molar-refractivity contribution in [3.05, 3.63) is 12.2 Å². The van der Waals surface area contributed by atoms with Crippen LogP contribution in [0, 0.1) is 17.8 Å². The molecule has 2 aliphatic carbocycles. The van der Waals surface area contributed by atoms with Crippen LogP contribution in [0.2, 0.25) is 0 Å². The summed E-state index contributed by atoms with van der Waals surface area (Å²) >= 11 is 0. The number of hydrogen-bond acceptors (Lipinski definition) is 2. The van der Waals surface area contributed by atoms with E-state index in [1.54, 1.807) is 0 Å². The molecular formula is C14H23NO2. The molecule has 2 atom stereocenters. The zero-order valence-electron chi connectivity index (χ0n) is 10.7. The minimum absolute atomic E-state index is 0.251. The van der Waals surface area contributed by atoms with Crippen molar-refractivity contribution in [3.63, 3.8) is 0 Å². The summed E-state index contributed by atoms with van der Waals surface area (Å²) in [5.74, 6) is 1.96. The highest BCUT2D eigenvalue weighted by atomic mass is 16.5. The molecule has 2 saturated carbocycles. The Kier molecular flexibility index (Phi) is 4.21. The van der Waals surface area contributed by atoms with Crippen molar-refractivity contribution in [3.8, 4) is 0 Å². The zero-order valence-corrected chi connectivity index (χ0v) is 10.7. The molecule has 0 saturated heterocycles. The van der Waals surface area contributed by atoms with Crippen LogP contribution in [-0.4, -0.2) is 25.7 Å². The standard InChI is InChI=1S/C14H23NO2/c1-10(2)9-17-8-7-15-14(16)13-11-5-3-4-6-12(11)13/h11-13H,1,3-9H2,2H3,(H,15,16). The predicted molar refractivity (Wildman–Crippen MR) is 67.6 cm³/mol. The van der Waals surface area contributed by atoms with Gasteiger partial charge in [-0.1, -0.05) is 25.0 Å². The fraction of sp³-hybridized carbons (Fsp3) is 0.786. The first-order valence-electron chi connectivity index (χ1n) is 6.70. The van der Waals surface area contributed by atoms with Gasteiger partial charge in [0.05, 0.1) is 13.2 Å². The molecule has 1 amide bonds. The zero-order chi connectivity index (χ0) is 12.3. The third-order valence-corrected chi connectivity index (χ3v) is 3.85. The molecular weight excluding hydrogens is 214 g/mol. The van der Waals surface area contributed by atoms with Crippen LogP contribution >= 0.6 is 0 Å². The summed E-state index contributed by atoms with van der Waals surface area (Å²) in [4.78, 5) is 11.9. The first-order valence-corrected chi connectivity index (χ1v) is 6.70. The molecule has 0 aliphatic heterocycles. The number of nitrogens with one attached hydrogen (secondary N) is 1. The Morgan fingerprint density at radius 3 is 2.59 bits per heavy atom. The quantitative estimate of drug-likeness (QED) is 0.567. The monoisotopic (exact) mass is 237 g/mol. The van der Waals surface area contributed by atoms with Crippen molar-refractivity contribution in [2.24, 2.45) is 17.8 Å². The Bertz CT molecular complexity index is 289. The van der Waals surface area contributed by atoms with Gasteiger partial charge < -0.3 is 10.1 Å². The van der Waals surface area contributed by atoms with Gasteiger partial charge in [-0.05, 0) is 31.6 Å². The van der Waals surface area contributed by atoms with E-state index in [2.05, 4.69) is 11.9 Å². The molecule has 0 bridgehead atoms. The SMILES string of the molecule is C=C(C)COCCNC(=O)C1C2CCCCC21. The van der Waals surface area contributed by atoms with Crippen molar-refractivity contribution < 1.29 is 9.53 Å². The Morgan fingerprint density at radius 1 is 1.35 bits per heavy atom. The third kappa shape index (κ3) is 3.32. The van der Waals surface area contributed by atoms with Crippen molar-refractivity contribution >= 4 is 5.91 Å². The lowest BCUT2D eigenvalue weighted by atomic mass is 10.0. The molecule has 0 aromatic heterocycles. The van der Waals surface area contributed by atoms with Crippen LogP contribution in [0.4, 0.5) is 0 Å². The Hall–Kier alpha value is -0.830. The molecule has 2 fully saturated rings. The number of fused-ring (bicyclic) bond motifs is 1. The second-order valence-electron chi connectivity index (χ2n) is 5.44. The van der Waals surface area contributed by atoms with Gasteiger partial charge in [0.1, 0.15) is 0 Å². The molecule has 1 N–H and O–H groups in total. The van der Waals surface area contributed by atoms with E-state index in [0.29, 0.717) is 37.5 Å². The Balaban J connectivity index is 1.57. The Labute approximate surface area is 104 Å². The molecule has 17 heavy (non-hydrogen) atoms. The van der Waals surface area contributed by atoms with E-state index in [9.17, 15) is 4.79 Å². The van der Waals surface area contributed by atoms with Crippen LogP contribution in [-0.2, 0) is 9.53 Å². The number of amides is 1. The fourth-order valence-electron chi connectivity index (χ4n) is 2.99. The number of carbonyl (C=O) groups excluding carboxylic acids is 1.